The molecule has 1 N–H and O–H groups in total. The van der Waals surface area contributed by atoms with E-state index in [-0.39, 0.29) is 0 Å². The van der Waals surface area contributed by atoms with Gasteiger partial charge in [-0.05, 0) is 53.4 Å². The van der Waals surface area contributed by atoms with Crippen molar-refractivity contribution < 1.29 is 4.42 Å². The molecule has 1 unspecified atom stereocenters. The Kier molecular flexibility index (Phi) is 6.45. The fourth-order valence-electron chi connectivity index (χ4n) is 1.43. The Morgan fingerprint density at radius 1 is 1.60 bits per heavy atom. The number of nitrogens with one attached hydrogen (secondary N) is 1. The van der Waals surface area contributed by atoms with Crippen LogP contribution in [-0.2, 0) is 0 Å². The largest absolute Gasteiger partial charge is 0.466 e. The molecule has 0 fully saturated rings. The van der Waals surface area contributed by atoms with Crippen LogP contribution in [-0.4, -0.2) is 18.6 Å². The van der Waals surface area contributed by atoms with Gasteiger partial charge in [0.25, 0.3) is 0 Å². The van der Waals surface area contributed by atoms with Crippen molar-refractivity contribution in [3.63, 3.8) is 0 Å². The van der Waals surface area contributed by atoms with Crippen molar-refractivity contribution in [1.29, 1.82) is 0 Å². The Balaban J connectivity index is 2.58. The van der Waals surface area contributed by atoms with Gasteiger partial charge in [-0.2, -0.15) is 11.8 Å². The zero-order valence-corrected chi connectivity index (χ0v) is 11.7. The van der Waals surface area contributed by atoms with Crippen molar-refractivity contribution in [2.24, 2.45) is 0 Å². The molecule has 0 spiro atoms. The second-order valence-corrected chi connectivity index (χ2v) is 5.26. The molecule has 1 aromatic heterocycles. The first-order valence-electron chi connectivity index (χ1n) is 5.24. The molecule has 0 bridgehead atoms. The standard InChI is InChI=1S/C11H18BrNOS/c1-3-6-13-10(5-8-15-2)11-9(12)4-7-14-11/h4,7,10,13H,3,5-6,8H2,1-2H3. The maximum absolute atomic E-state index is 5.50. The van der Waals surface area contributed by atoms with Gasteiger partial charge in [0.1, 0.15) is 5.76 Å². The number of rotatable bonds is 7. The number of halogens is 1. The van der Waals surface area contributed by atoms with Gasteiger partial charge < -0.3 is 9.73 Å². The average molecular weight is 292 g/mol. The first-order valence-corrected chi connectivity index (χ1v) is 7.43. The molecule has 1 heterocycles. The molecule has 0 radical (unpaired) electrons. The highest BCUT2D eigenvalue weighted by molar-refractivity contribution is 9.10. The summed E-state index contributed by atoms with van der Waals surface area (Å²) in [4.78, 5) is 0. The van der Waals surface area contributed by atoms with Crippen molar-refractivity contribution in [3.8, 4) is 0 Å². The van der Waals surface area contributed by atoms with Gasteiger partial charge >= 0.3 is 0 Å². The highest BCUT2D eigenvalue weighted by atomic mass is 79.9. The highest BCUT2D eigenvalue weighted by Gasteiger charge is 2.16. The predicted molar refractivity (Wildman–Crippen MR) is 70.4 cm³/mol. The van der Waals surface area contributed by atoms with Crippen molar-refractivity contribution in [1.82, 2.24) is 5.32 Å². The minimum Gasteiger partial charge on any atom is -0.466 e. The van der Waals surface area contributed by atoms with E-state index in [0.29, 0.717) is 6.04 Å². The number of furan rings is 1. The third-order valence-corrected chi connectivity index (χ3v) is 3.51. The van der Waals surface area contributed by atoms with E-state index in [9.17, 15) is 0 Å². The van der Waals surface area contributed by atoms with Crippen LogP contribution in [0.25, 0.3) is 0 Å². The summed E-state index contributed by atoms with van der Waals surface area (Å²) in [5, 5.41) is 3.51. The van der Waals surface area contributed by atoms with E-state index in [2.05, 4.69) is 34.4 Å². The maximum Gasteiger partial charge on any atom is 0.134 e. The lowest BCUT2D eigenvalue weighted by Crippen LogP contribution is -2.22. The van der Waals surface area contributed by atoms with Gasteiger partial charge in [-0.25, -0.2) is 0 Å². The monoisotopic (exact) mass is 291 g/mol. The van der Waals surface area contributed by atoms with Gasteiger partial charge in [0.15, 0.2) is 0 Å². The lowest BCUT2D eigenvalue weighted by Gasteiger charge is -2.16. The number of hydrogen-bond acceptors (Lipinski definition) is 3. The summed E-state index contributed by atoms with van der Waals surface area (Å²) in [7, 11) is 0. The second-order valence-electron chi connectivity index (χ2n) is 3.42. The summed E-state index contributed by atoms with van der Waals surface area (Å²) < 4.78 is 6.57. The summed E-state index contributed by atoms with van der Waals surface area (Å²) in [5.74, 6) is 2.17. The van der Waals surface area contributed by atoms with Crippen molar-refractivity contribution in [3.05, 3.63) is 22.6 Å². The third kappa shape index (κ3) is 4.21. The van der Waals surface area contributed by atoms with E-state index in [0.717, 1.165) is 35.4 Å². The molecule has 0 aliphatic rings. The SMILES string of the molecule is CCCNC(CCSC)c1occc1Br. The van der Waals surface area contributed by atoms with Crippen LogP contribution in [0.1, 0.15) is 31.6 Å². The van der Waals surface area contributed by atoms with Gasteiger partial charge in [-0.15, -0.1) is 0 Å². The van der Waals surface area contributed by atoms with Gasteiger partial charge in [-0.3, -0.25) is 0 Å². The van der Waals surface area contributed by atoms with E-state index >= 15 is 0 Å². The molecule has 15 heavy (non-hydrogen) atoms. The lowest BCUT2D eigenvalue weighted by atomic mass is 10.1. The second kappa shape index (κ2) is 7.36. The normalized spacial score (nSPS) is 13.0. The minimum absolute atomic E-state index is 0.335. The maximum atomic E-state index is 5.50. The first kappa shape index (κ1) is 13.1. The summed E-state index contributed by atoms with van der Waals surface area (Å²) in [5.41, 5.74) is 0. The molecular formula is C11H18BrNOS. The quantitative estimate of drug-likeness (QED) is 0.826. The third-order valence-electron chi connectivity index (χ3n) is 2.21. The molecule has 0 aliphatic carbocycles. The van der Waals surface area contributed by atoms with Crippen LogP contribution in [0.15, 0.2) is 21.2 Å². The summed E-state index contributed by atoms with van der Waals surface area (Å²) in [6.07, 6.45) is 6.12. The summed E-state index contributed by atoms with van der Waals surface area (Å²) in [6, 6.07) is 2.29. The van der Waals surface area contributed by atoms with E-state index in [1.54, 1.807) is 6.26 Å². The van der Waals surface area contributed by atoms with E-state index in [1.807, 2.05) is 17.8 Å². The van der Waals surface area contributed by atoms with Gasteiger partial charge in [0.2, 0.25) is 0 Å². The molecule has 86 valence electrons. The van der Waals surface area contributed by atoms with Crippen LogP contribution in [0.5, 0.6) is 0 Å². The Morgan fingerprint density at radius 3 is 2.93 bits per heavy atom. The molecule has 0 saturated carbocycles. The minimum atomic E-state index is 0.335. The van der Waals surface area contributed by atoms with Crippen LogP contribution in [0.3, 0.4) is 0 Å². The van der Waals surface area contributed by atoms with E-state index < -0.39 is 0 Å². The van der Waals surface area contributed by atoms with Crippen LogP contribution in [0.4, 0.5) is 0 Å². The Hall–Kier alpha value is 0.0700. The van der Waals surface area contributed by atoms with Crippen LogP contribution >= 0.6 is 27.7 Å². The summed E-state index contributed by atoms with van der Waals surface area (Å²) >= 11 is 5.38. The van der Waals surface area contributed by atoms with Gasteiger partial charge in [0, 0.05) is 0 Å². The number of thioether (sulfide) groups is 1. The molecule has 1 aromatic rings. The number of hydrogen-bond donors (Lipinski definition) is 1. The smallest absolute Gasteiger partial charge is 0.134 e. The zero-order chi connectivity index (χ0) is 11.1. The van der Waals surface area contributed by atoms with Crippen LogP contribution in [0.2, 0.25) is 0 Å². The molecule has 4 heteroatoms. The van der Waals surface area contributed by atoms with Gasteiger partial charge in [0.05, 0.1) is 16.8 Å². The van der Waals surface area contributed by atoms with Crippen LogP contribution in [0, 0.1) is 0 Å². The molecular weight excluding hydrogens is 274 g/mol. The molecule has 0 aliphatic heterocycles. The topological polar surface area (TPSA) is 25.2 Å². The molecule has 0 aromatic carbocycles. The Labute approximate surface area is 104 Å². The van der Waals surface area contributed by atoms with Crippen molar-refractivity contribution >= 4 is 27.7 Å². The molecule has 1 atom stereocenters. The lowest BCUT2D eigenvalue weighted by molar-refractivity contribution is 0.404. The van der Waals surface area contributed by atoms with Gasteiger partial charge in [-0.1, -0.05) is 6.92 Å². The molecule has 0 saturated heterocycles. The fraction of sp³-hybridized carbons (Fsp3) is 0.636. The Bertz CT molecular complexity index is 269. The van der Waals surface area contributed by atoms with E-state index in [4.69, 9.17) is 4.42 Å². The highest BCUT2D eigenvalue weighted by Crippen LogP contribution is 2.27. The first-order chi connectivity index (χ1) is 7.29. The summed E-state index contributed by atoms with van der Waals surface area (Å²) in [6.45, 7) is 3.21. The van der Waals surface area contributed by atoms with Crippen molar-refractivity contribution in [2.45, 2.75) is 25.8 Å². The molecule has 2 nitrogen and oxygen atoms in total. The van der Waals surface area contributed by atoms with E-state index in [1.165, 1.54) is 0 Å². The van der Waals surface area contributed by atoms with Crippen LogP contribution < -0.4 is 5.32 Å². The molecule has 0 amide bonds. The van der Waals surface area contributed by atoms with Crippen molar-refractivity contribution in [2.75, 3.05) is 18.6 Å². The Morgan fingerprint density at radius 2 is 2.40 bits per heavy atom. The average Bonchev–Trinajstić information content (AvgIpc) is 2.65. The fourth-order valence-corrected chi connectivity index (χ4v) is 2.38. The predicted octanol–water partition coefficient (Wildman–Crippen LogP) is 3.84. The molecule has 1 rings (SSSR count). The zero-order valence-electron chi connectivity index (χ0n) is 9.25.